The second-order valence-electron chi connectivity index (χ2n) is 5.84. The zero-order valence-electron chi connectivity index (χ0n) is 11.8. The van der Waals surface area contributed by atoms with Crippen molar-refractivity contribution in [3.63, 3.8) is 0 Å². The molecule has 1 amide bonds. The Labute approximate surface area is 125 Å². The third kappa shape index (κ3) is 1.79. The maximum absolute atomic E-state index is 12.1. The summed E-state index contributed by atoms with van der Waals surface area (Å²) in [4.78, 5) is 20.8. The van der Waals surface area contributed by atoms with E-state index >= 15 is 0 Å². The van der Waals surface area contributed by atoms with Gasteiger partial charge >= 0.3 is 0 Å². The van der Waals surface area contributed by atoms with Crippen LogP contribution in [0.25, 0.3) is 21.5 Å². The number of carbonyl (C=O) groups is 1. The number of fused-ring (bicyclic) bond motifs is 2. The van der Waals surface area contributed by atoms with Gasteiger partial charge in [0.15, 0.2) is 0 Å². The lowest BCUT2D eigenvalue weighted by molar-refractivity contribution is 0.0888. The zero-order chi connectivity index (χ0) is 14.6. The zero-order valence-corrected chi connectivity index (χ0v) is 12.6. The predicted molar refractivity (Wildman–Crippen MR) is 82.5 cm³/mol. The van der Waals surface area contributed by atoms with E-state index in [9.17, 15) is 4.79 Å². The minimum Gasteiger partial charge on any atom is -0.348 e. The second kappa shape index (κ2) is 4.14. The monoisotopic (exact) mass is 298 g/mol. The summed E-state index contributed by atoms with van der Waals surface area (Å²) in [7, 11) is 0. The number of rotatable bonds is 1. The molecule has 0 spiro atoms. The van der Waals surface area contributed by atoms with E-state index in [1.165, 1.54) is 0 Å². The number of thiophene rings is 1. The van der Waals surface area contributed by atoms with Gasteiger partial charge in [-0.15, -0.1) is 11.3 Å². The van der Waals surface area contributed by atoms with Crippen molar-refractivity contribution in [2.75, 3.05) is 6.54 Å². The molecule has 0 unspecified atom stereocenters. The minimum absolute atomic E-state index is 0.0305. The number of amides is 1. The second-order valence-corrected chi connectivity index (χ2v) is 6.75. The molecule has 4 heterocycles. The van der Waals surface area contributed by atoms with Crippen molar-refractivity contribution >= 4 is 27.5 Å². The van der Waals surface area contributed by atoms with Crippen molar-refractivity contribution in [3.05, 3.63) is 35.7 Å². The van der Waals surface area contributed by atoms with Gasteiger partial charge in [0.05, 0.1) is 21.4 Å². The van der Waals surface area contributed by atoms with Crippen LogP contribution in [0.1, 0.15) is 24.3 Å². The average molecular weight is 298 g/mol. The molecular weight excluding hydrogens is 284 g/mol. The molecule has 1 aliphatic rings. The van der Waals surface area contributed by atoms with Gasteiger partial charge in [-0.3, -0.25) is 4.79 Å². The molecule has 0 saturated heterocycles. The van der Waals surface area contributed by atoms with Crippen LogP contribution in [0.3, 0.4) is 0 Å². The highest BCUT2D eigenvalue weighted by atomic mass is 32.1. The largest absolute Gasteiger partial charge is 0.348 e. The quantitative estimate of drug-likeness (QED) is 0.751. The lowest BCUT2D eigenvalue weighted by atomic mass is 10.0. The molecule has 0 aliphatic carbocycles. The summed E-state index contributed by atoms with van der Waals surface area (Å²) in [5, 5.41) is 4.94. The summed E-state index contributed by atoms with van der Waals surface area (Å²) in [5.74, 6) is -0.0305. The van der Waals surface area contributed by atoms with Crippen molar-refractivity contribution in [3.8, 4) is 11.3 Å². The minimum atomic E-state index is -0.136. The molecule has 0 bridgehead atoms. The summed E-state index contributed by atoms with van der Waals surface area (Å²) < 4.78 is 3.10. The van der Waals surface area contributed by atoms with E-state index < -0.39 is 0 Å². The van der Waals surface area contributed by atoms with Crippen molar-refractivity contribution in [2.45, 2.75) is 19.4 Å². The summed E-state index contributed by atoms with van der Waals surface area (Å²) in [5.41, 5.74) is 3.34. The molecule has 1 aliphatic heterocycles. The number of aromatic nitrogens is 3. The van der Waals surface area contributed by atoms with Crippen LogP contribution < -0.4 is 5.32 Å². The smallest absolute Gasteiger partial charge is 0.268 e. The van der Waals surface area contributed by atoms with Gasteiger partial charge in [0, 0.05) is 18.3 Å². The van der Waals surface area contributed by atoms with Gasteiger partial charge in [0.25, 0.3) is 5.91 Å². The summed E-state index contributed by atoms with van der Waals surface area (Å²) in [6.07, 6.45) is 3.60. The van der Waals surface area contributed by atoms with Gasteiger partial charge in [0.2, 0.25) is 0 Å². The Morgan fingerprint density at radius 3 is 3.05 bits per heavy atom. The fraction of sp³-hybridized carbons (Fsp3) is 0.267. The Morgan fingerprint density at radius 2 is 2.24 bits per heavy atom. The molecule has 4 rings (SSSR count). The molecule has 0 atom stereocenters. The highest BCUT2D eigenvalue weighted by Gasteiger charge is 2.31. The van der Waals surface area contributed by atoms with Crippen LogP contribution in [0, 0.1) is 0 Å². The van der Waals surface area contributed by atoms with E-state index in [4.69, 9.17) is 0 Å². The van der Waals surface area contributed by atoms with Crippen molar-refractivity contribution in [1.29, 1.82) is 0 Å². The molecule has 0 saturated carbocycles. The Bertz CT molecular complexity index is 862. The third-order valence-corrected chi connectivity index (χ3v) is 4.81. The first-order valence-corrected chi connectivity index (χ1v) is 7.64. The van der Waals surface area contributed by atoms with Crippen molar-refractivity contribution in [1.82, 2.24) is 19.9 Å². The standard InChI is InChI=1S/C15H14N4OS/c1-15(2)7-16-14(20)11-5-9(6-19(11)15)12-13-10(3-4-21-13)17-8-18-12/h3-6,8H,7H2,1-2H3,(H,16,20). The predicted octanol–water partition coefficient (Wildman–Crippen LogP) is 2.64. The van der Waals surface area contributed by atoms with Crippen LogP contribution in [0.15, 0.2) is 30.0 Å². The van der Waals surface area contributed by atoms with Gasteiger partial charge in [0.1, 0.15) is 12.0 Å². The van der Waals surface area contributed by atoms with Gasteiger partial charge in [-0.2, -0.15) is 0 Å². The molecule has 0 fully saturated rings. The van der Waals surface area contributed by atoms with Crippen LogP contribution in [-0.4, -0.2) is 27.0 Å². The topological polar surface area (TPSA) is 59.8 Å². The third-order valence-electron chi connectivity index (χ3n) is 3.90. The molecule has 6 heteroatoms. The fourth-order valence-corrected chi connectivity index (χ4v) is 3.59. The number of hydrogen-bond donors (Lipinski definition) is 1. The Hall–Kier alpha value is -2.21. The summed E-state index contributed by atoms with van der Waals surface area (Å²) >= 11 is 1.62. The van der Waals surface area contributed by atoms with E-state index in [0.717, 1.165) is 21.5 Å². The van der Waals surface area contributed by atoms with E-state index in [-0.39, 0.29) is 11.4 Å². The van der Waals surface area contributed by atoms with Gasteiger partial charge in [-0.05, 0) is 31.4 Å². The highest BCUT2D eigenvalue weighted by Crippen LogP contribution is 2.33. The summed E-state index contributed by atoms with van der Waals surface area (Å²) in [6.45, 7) is 4.85. The van der Waals surface area contributed by atoms with E-state index in [1.807, 2.05) is 28.3 Å². The highest BCUT2D eigenvalue weighted by molar-refractivity contribution is 7.17. The fourth-order valence-electron chi connectivity index (χ4n) is 2.73. The molecular formula is C15H14N4OS. The van der Waals surface area contributed by atoms with E-state index in [0.29, 0.717) is 12.2 Å². The normalized spacial score (nSPS) is 16.8. The first kappa shape index (κ1) is 12.5. The average Bonchev–Trinajstić information content (AvgIpc) is 3.10. The van der Waals surface area contributed by atoms with Crippen LogP contribution >= 0.6 is 11.3 Å². The van der Waals surface area contributed by atoms with Crippen molar-refractivity contribution in [2.24, 2.45) is 0 Å². The van der Waals surface area contributed by atoms with E-state index in [2.05, 4.69) is 29.1 Å². The molecule has 21 heavy (non-hydrogen) atoms. The number of nitrogens with zero attached hydrogens (tertiary/aromatic N) is 3. The molecule has 1 N–H and O–H groups in total. The Kier molecular flexibility index (Phi) is 2.47. The lowest BCUT2D eigenvalue weighted by Gasteiger charge is -2.33. The maximum atomic E-state index is 12.1. The SMILES string of the molecule is CC1(C)CNC(=O)c2cc(-c3ncnc4ccsc34)cn21. The maximum Gasteiger partial charge on any atom is 0.268 e. The molecule has 5 nitrogen and oxygen atoms in total. The molecule has 3 aromatic rings. The molecule has 3 aromatic heterocycles. The van der Waals surface area contributed by atoms with Crippen LogP contribution in [0.5, 0.6) is 0 Å². The number of carbonyl (C=O) groups excluding carboxylic acids is 1. The van der Waals surface area contributed by atoms with Gasteiger partial charge in [-0.25, -0.2) is 9.97 Å². The first-order valence-electron chi connectivity index (χ1n) is 6.76. The number of nitrogens with one attached hydrogen (secondary N) is 1. The first-order chi connectivity index (χ1) is 10.1. The Balaban J connectivity index is 1.95. The number of hydrogen-bond acceptors (Lipinski definition) is 4. The van der Waals surface area contributed by atoms with Gasteiger partial charge in [-0.1, -0.05) is 0 Å². The molecule has 106 valence electrons. The van der Waals surface area contributed by atoms with Crippen LogP contribution in [0.2, 0.25) is 0 Å². The molecule has 0 aromatic carbocycles. The van der Waals surface area contributed by atoms with Crippen LogP contribution in [0.4, 0.5) is 0 Å². The molecule has 0 radical (unpaired) electrons. The summed E-state index contributed by atoms with van der Waals surface area (Å²) in [6, 6.07) is 3.90. The Morgan fingerprint density at radius 1 is 1.38 bits per heavy atom. The van der Waals surface area contributed by atoms with Crippen molar-refractivity contribution < 1.29 is 4.79 Å². The van der Waals surface area contributed by atoms with Gasteiger partial charge < -0.3 is 9.88 Å². The van der Waals surface area contributed by atoms with Crippen LogP contribution in [-0.2, 0) is 5.54 Å². The van der Waals surface area contributed by atoms with E-state index in [1.54, 1.807) is 17.7 Å². The lowest BCUT2D eigenvalue weighted by Crippen LogP contribution is -2.47.